The number of halogens is 1. The van der Waals surface area contributed by atoms with Gasteiger partial charge >= 0.3 is 0 Å². The second-order valence-corrected chi connectivity index (χ2v) is 8.93. The van der Waals surface area contributed by atoms with Crippen molar-refractivity contribution >= 4 is 21.6 Å². The maximum atomic E-state index is 13.5. The van der Waals surface area contributed by atoms with Crippen LogP contribution in [-0.4, -0.2) is 45.0 Å². The maximum Gasteiger partial charge on any atom is 0.238 e. The quantitative estimate of drug-likeness (QED) is 0.630. The molecule has 1 fully saturated rings. The number of hydrogen-bond acceptors (Lipinski definition) is 5. The molecule has 1 aliphatic rings. The van der Waals surface area contributed by atoms with Crippen LogP contribution in [0.25, 0.3) is 0 Å². The van der Waals surface area contributed by atoms with Crippen molar-refractivity contribution in [3.05, 3.63) is 59.9 Å². The summed E-state index contributed by atoms with van der Waals surface area (Å²) >= 11 is 0. The molecule has 9 heteroatoms. The summed E-state index contributed by atoms with van der Waals surface area (Å²) in [7, 11) is -3.77. The van der Waals surface area contributed by atoms with E-state index in [-0.39, 0.29) is 29.1 Å². The summed E-state index contributed by atoms with van der Waals surface area (Å²) in [5.41, 5.74) is 1.33. The second kappa shape index (κ2) is 10.1. The standard InChI is InChI=1S/C21H26FN3O4S/c22-17-4-1-3-16(13-17)14-25(15-19-5-2-12-29-19)11-10-21(26)24-18-6-8-20(9-7-18)30(23,27)28/h1,3-4,6-9,13,19H,2,5,10-12,14-15H2,(H,24,26)(H2,23,27,28). The zero-order valence-corrected chi connectivity index (χ0v) is 17.4. The Kier molecular flexibility index (Phi) is 7.54. The van der Waals surface area contributed by atoms with E-state index in [4.69, 9.17) is 9.88 Å². The minimum absolute atomic E-state index is 0.0154. The van der Waals surface area contributed by atoms with Crippen molar-refractivity contribution in [3.8, 4) is 0 Å². The summed E-state index contributed by atoms with van der Waals surface area (Å²) in [6.07, 6.45) is 2.35. The normalized spacial score (nSPS) is 16.7. The van der Waals surface area contributed by atoms with E-state index in [1.54, 1.807) is 6.07 Å². The molecule has 1 amide bonds. The number of sulfonamides is 1. The third kappa shape index (κ3) is 6.88. The van der Waals surface area contributed by atoms with Crippen LogP contribution in [0.5, 0.6) is 0 Å². The molecule has 0 spiro atoms. The van der Waals surface area contributed by atoms with Crippen LogP contribution in [0.4, 0.5) is 10.1 Å². The monoisotopic (exact) mass is 435 g/mol. The van der Waals surface area contributed by atoms with Crippen LogP contribution in [0.2, 0.25) is 0 Å². The van der Waals surface area contributed by atoms with Crippen molar-refractivity contribution in [3.63, 3.8) is 0 Å². The number of carbonyl (C=O) groups excluding carboxylic acids is 1. The molecular formula is C21H26FN3O4S. The van der Waals surface area contributed by atoms with Crippen molar-refractivity contribution in [1.29, 1.82) is 0 Å². The Labute approximate surface area is 176 Å². The fourth-order valence-electron chi connectivity index (χ4n) is 3.42. The molecule has 0 aliphatic carbocycles. The highest BCUT2D eigenvalue weighted by Crippen LogP contribution is 2.17. The van der Waals surface area contributed by atoms with Gasteiger partial charge in [-0.15, -0.1) is 0 Å². The molecule has 0 saturated carbocycles. The lowest BCUT2D eigenvalue weighted by atomic mass is 10.1. The Balaban J connectivity index is 1.57. The van der Waals surface area contributed by atoms with E-state index in [1.807, 2.05) is 6.07 Å². The van der Waals surface area contributed by atoms with Crippen LogP contribution in [0, 0.1) is 5.82 Å². The van der Waals surface area contributed by atoms with E-state index in [2.05, 4.69) is 10.2 Å². The number of amides is 1. The van der Waals surface area contributed by atoms with Crippen molar-refractivity contribution in [1.82, 2.24) is 4.90 Å². The van der Waals surface area contributed by atoms with E-state index in [0.29, 0.717) is 25.3 Å². The van der Waals surface area contributed by atoms with Gasteiger partial charge in [0.1, 0.15) is 5.82 Å². The predicted molar refractivity (Wildman–Crippen MR) is 112 cm³/mol. The molecule has 1 unspecified atom stereocenters. The number of rotatable bonds is 9. The molecule has 3 rings (SSSR count). The minimum atomic E-state index is -3.77. The molecular weight excluding hydrogens is 409 g/mol. The van der Waals surface area contributed by atoms with Gasteiger partial charge in [0, 0.05) is 38.3 Å². The molecule has 162 valence electrons. The predicted octanol–water partition coefficient (Wildman–Crippen LogP) is 2.48. The first kappa shape index (κ1) is 22.4. The third-order valence-electron chi connectivity index (χ3n) is 4.90. The van der Waals surface area contributed by atoms with Gasteiger partial charge < -0.3 is 10.1 Å². The fraction of sp³-hybridized carbons (Fsp3) is 0.381. The van der Waals surface area contributed by atoms with Crippen LogP contribution in [0.15, 0.2) is 53.4 Å². The Morgan fingerprint density at radius 3 is 2.63 bits per heavy atom. The van der Waals surface area contributed by atoms with Crippen LogP contribution in [0.3, 0.4) is 0 Å². The molecule has 1 saturated heterocycles. The zero-order valence-electron chi connectivity index (χ0n) is 16.6. The van der Waals surface area contributed by atoms with E-state index >= 15 is 0 Å². The summed E-state index contributed by atoms with van der Waals surface area (Å²) in [5, 5.41) is 7.82. The Hall–Kier alpha value is -2.33. The van der Waals surface area contributed by atoms with Crippen LogP contribution in [-0.2, 0) is 26.1 Å². The van der Waals surface area contributed by atoms with E-state index in [0.717, 1.165) is 25.0 Å². The summed E-state index contributed by atoms with van der Waals surface area (Å²) in [4.78, 5) is 14.4. The van der Waals surface area contributed by atoms with Crippen molar-refractivity contribution in [2.75, 3.05) is 25.0 Å². The van der Waals surface area contributed by atoms with Crippen molar-refractivity contribution < 1.29 is 22.3 Å². The average Bonchev–Trinajstić information content (AvgIpc) is 3.19. The molecule has 7 nitrogen and oxygen atoms in total. The summed E-state index contributed by atoms with van der Waals surface area (Å²) < 4.78 is 41.9. The van der Waals surface area contributed by atoms with Crippen molar-refractivity contribution in [2.45, 2.75) is 36.8 Å². The first-order valence-electron chi connectivity index (χ1n) is 9.81. The average molecular weight is 436 g/mol. The molecule has 1 atom stereocenters. The number of hydrogen-bond donors (Lipinski definition) is 2. The van der Waals surface area contributed by atoms with Gasteiger partial charge in [-0.05, 0) is 54.8 Å². The number of nitrogens with one attached hydrogen (secondary N) is 1. The van der Waals surface area contributed by atoms with Gasteiger partial charge in [0.15, 0.2) is 0 Å². The SMILES string of the molecule is NS(=O)(=O)c1ccc(NC(=O)CCN(Cc2cccc(F)c2)CC2CCCO2)cc1. The van der Waals surface area contributed by atoms with Crippen LogP contribution in [0.1, 0.15) is 24.8 Å². The lowest BCUT2D eigenvalue weighted by Crippen LogP contribution is -2.34. The van der Waals surface area contributed by atoms with Crippen LogP contribution < -0.4 is 10.5 Å². The molecule has 1 aliphatic heterocycles. The van der Waals surface area contributed by atoms with Gasteiger partial charge in [-0.2, -0.15) is 0 Å². The van der Waals surface area contributed by atoms with Gasteiger partial charge in [0.25, 0.3) is 0 Å². The third-order valence-corrected chi connectivity index (χ3v) is 5.83. The van der Waals surface area contributed by atoms with Crippen molar-refractivity contribution in [2.24, 2.45) is 5.14 Å². The van der Waals surface area contributed by atoms with Gasteiger partial charge in [-0.1, -0.05) is 12.1 Å². The molecule has 2 aromatic rings. The van der Waals surface area contributed by atoms with E-state index in [1.165, 1.54) is 36.4 Å². The first-order valence-corrected chi connectivity index (χ1v) is 11.4. The van der Waals surface area contributed by atoms with Gasteiger partial charge in [0.2, 0.25) is 15.9 Å². The molecule has 0 radical (unpaired) electrons. The highest BCUT2D eigenvalue weighted by molar-refractivity contribution is 7.89. The van der Waals surface area contributed by atoms with Gasteiger partial charge in [0.05, 0.1) is 11.0 Å². The first-order chi connectivity index (χ1) is 14.3. The summed E-state index contributed by atoms with van der Waals surface area (Å²) in [6, 6.07) is 12.1. The highest BCUT2D eigenvalue weighted by Gasteiger charge is 2.20. The lowest BCUT2D eigenvalue weighted by molar-refractivity contribution is -0.116. The maximum absolute atomic E-state index is 13.5. The Bertz CT molecular complexity index is 960. The number of benzene rings is 2. The molecule has 2 aromatic carbocycles. The summed E-state index contributed by atoms with van der Waals surface area (Å²) in [5.74, 6) is -0.486. The Morgan fingerprint density at radius 2 is 2.00 bits per heavy atom. The molecule has 1 heterocycles. The van der Waals surface area contributed by atoms with Gasteiger partial charge in [-0.3, -0.25) is 9.69 Å². The van der Waals surface area contributed by atoms with Crippen LogP contribution >= 0.6 is 0 Å². The van der Waals surface area contributed by atoms with E-state index < -0.39 is 10.0 Å². The topological polar surface area (TPSA) is 102 Å². The zero-order chi connectivity index (χ0) is 21.6. The highest BCUT2D eigenvalue weighted by atomic mass is 32.2. The largest absolute Gasteiger partial charge is 0.377 e. The van der Waals surface area contributed by atoms with Gasteiger partial charge in [-0.25, -0.2) is 17.9 Å². The lowest BCUT2D eigenvalue weighted by Gasteiger charge is -2.25. The number of ether oxygens (including phenoxy) is 1. The number of carbonyl (C=O) groups is 1. The number of nitrogens with zero attached hydrogens (tertiary/aromatic N) is 1. The number of nitrogens with two attached hydrogens (primary N) is 1. The fourth-order valence-corrected chi connectivity index (χ4v) is 3.93. The Morgan fingerprint density at radius 1 is 1.23 bits per heavy atom. The molecule has 0 aromatic heterocycles. The second-order valence-electron chi connectivity index (χ2n) is 7.37. The number of primary sulfonamides is 1. The minimum Gasteiger partial charge on any atom is -0.377 e. The smallest absolute Gasteiger partial charge is 0.238 e. The molecule has 0 bridgehead atoms. The molecule has 30 heavy (non-hydrogen) atoms. The summed E-state index contributed by atoms with van der Waals surface area (Å²) in [6.45, 7) is 2.42. The number of anilines is 1. The molecule has 3 N–H and O–H groups in total. The van der Waals surface area contributed by atoms with E-state index in [9.17, 15) is 17.6 Å².